The van der Waals surface area contributed by atoms with E-state index in [-0.39, 0.29) is 11.9 Å². The van der Waals surface area contributed by atoms with Crippen LogP contribution in [0.15, 0.2) is 48.8 Å². The Morgan fingerprint density at radius 1 is 1.38 bits per heavy atom. The molecule has 0 radical (unpaired) electrons. The topological polar surface area (TPSA) is 51.0 Å². The molecule has 3 rings (SSSR count). The van der Waals surface area contributed by atoms with Gasteiger partial charge in [0.25, 0.3) is 0 Å². The van der Waals surface area contributed by atoms with E-state index in [1.54, 1.807) is 6.08 Å². The molecule has 1 aliphatic rings. The van der Waals surface area contributed by atoms with Gasteiger partial charge in [0.1, 0.15) is 5.69 Å². The van der Waals surface area contributed by atoms with Gasteiger partial charge in [0.15, 0.2) is 0 Å². The van der Waals surface area contributed by atoms with Crippen LogP contribution in [0, 0.1) is 12.8 Å². The van der Waals surface area contributed by atoms with Crippen LogP contribution in [0.2, 0.25) is 0 Å². The number of aryl methyl sites for hydroxylation is 1. The Morgan fingerprint density at radius 2 is 2.12 bits per heavy atom. The molecule has 5 nitrogen and oxygen atoms in total. The summed E-state index contributed by atoms with van der Waals surface area (Å²) in [4.78, 5) is 14.1. The van der Waals surface area contributed by atoms with Crippen molar-refractivity contribution in [1.29, 1.82) is 0 Å². The summed E-state index contributed by atoms with van der Waals surface area (Å²) >= 11 is 0. The molecular formula is C19H22N4O. The maximum atomic E-state index is 12.2. The van der Waals surface area contributed by atoms with Gasteiger partial charge in [0, 0.05) is 18.7 Å². The Labute approximate surface area is 142 Å². The van der Waals surface area contributed by atoms with Crippen LogP contribution in [0.25, 0.3) is 11.3 Å². The lowest BCUT2D eigenvalue weighted by Crippen LogP contribution is -2.28. The average molecular weight is 322 g/mol. The summed E-state index contributed by atoms with van der Waals surface area (Å²) in [5.74, 6) is 0.452. The van der Waals surface area contributed by atoms with E-state index in [1.165, 1.54) is 5.56 Å². The molecule has 24 heavy (non-hydrogen) atoms. The van der Waals surface area contributed by atoms with Crippen LogP contribution < -0.4 is 0 Å². The third-order valence-electron chi connectivity index (χ3n) is 4.54. The van der Waals surface area contributed by atoms with E-state index in [2.05, 4.69) is 60.7 Å². The van der Waals surface area contributed by atoms with Crippen LogP contribution in [0.5, 0.6) is 0 Å². The molecule has 5 heteroatoms. The van der Waals surface area contributed by atoms with Gasteiger partial charge in [0.05, 0.1) is 18.7 Å². The van der Waals surface area contributed by atoms with Crippen molar-refractivity contribution < 1.29 is 4.79 Å². The van der Waals surface area contributed by atoms with Crippen molar-refractivity contribution >= 4 is 5.91 Å². The Hall–Kier alpha value is -2.65. The Bertz CT molecular complexity index is 771. The number of hydrogen-bond acceptors (Lipinski definition) is 3. The van der Waals surface area contributed by atoms with Crippen molar-refractivity contribution in [2.75, 3.05) is 13.1 Å². The number of benzene rings is 1. The van der Waals surface area contributed by atoms with Gasteiger partial charge >= 0.3 is 0 Å². The van der Waals surface area contributed by atoms with Gasteiger partial charge in [0.2, 0.25) is 5.91 Å². The molecule has 2 aromatic rings. The molecular weight excluding hydrogens is 300 g/mol. The van der Waals surface area contributed by atoms with Gasteiger partial charge < -0.3 is 4.90 Å². The van der Waals surface area contributed by atoms with E-state index >= 15 is 0 Å². The fraction of sp³-hybridized carbons (Fsp3) is 0.368. The second-order valence-electron chi connectivity index (χ2n) is 6.41. The van der Waals surface area contributed by atoms with Crippen LogP contribution in [0.3, 0.4) is 0 Å². The molecule has 1 aromatic carbocycles. The number of carbonyl (C=O) groups excluding carboxylic acids is 1. The second-order valence-corrected chi connectivity index (χ2v) is 6.41. The molecule has 1 fully saturated rings. The standard InChI is InChI=1S/C19H22N4O/c1-4-5-6-19(24)22-11-15(3)18(13-22)23-12-17(20-21-23)16-9-7-14(2)8-10-16/h5,7-10,12,15,18H,1,6,11,13H2,2-3H3/t15-,18+/m1/s1. The largest absolute Gasteiger partial charge is 0.340 e. The zero-order valence-corrected chi connectivity index (χ0v) is 14.1. The lowest BCUT2D eigenvalue weighted by molar-refractivity contribution is -0.129. The lowest BCUT2D eigenvalue weighted by Gasteiger charge is -2.15. The number of nitrogens with zero attached hydrogens (tertiary/aromatic N) is 4. The summed E-state index contributed by atoms with van der Waals surface area (Å²) in [7, 11) is 0. The van der Waals surface area contributed by atoms with Gasteiger partial charge in [-0.05, 0) is 18.9 Å². The number of amides is 1. The van der Waals surface area contributed by atoms with Gasteiger partial charge in [-0.1, -0.05) is 48.5 Å². The summed E-state index contributed by atoms with van der Waals surface area (Å²) < 4.78 is 1.90. The van der Waals surface area contributed by atoms with Crippen molar-refractivity contribution in [2.24, 2.45) is 5.92 Å². The van der Waals surface area contributed by atoms with Crippen LogP contribution >= 0.6 is 0 Å². The average Bonchev–Trinajstić information content (AvgIpc) is 3.20. The van der Waals surface area contributed by atoms with Crippen molar-refractivity contribution in [3.8, 4) is 11.3 Å². The van der Waals surface area contributed by atoms with Crippen molar-refractivity contribution in [1.82, 2.24) is 19.9 Å². The molecule has 0 spiro atoms. The first-order valence-corrected chi connectivity index (χ1v) is 8.19. The molecule has 1 aromatic heterocycles. The number of likely N-dealkylation sites (tertiary alicyclic amines) is 1. The van der Waals surface area contributed by atoms with E-state index in [9.17, 15) is 4.79 Å². The third kappa shape index (κ3) is 3.31. The predicted molar refractivity (Wildman–Crippen MR) is 93.3 cm³/mol. The first kappa shape index (κ1) is 16.2. The van der Waals surface area contributed by atoms with Gasteiger partial charge in [-0.25, -0.2) is 4.68 Å². The van der Waals surface area contributed by atoms with Crippen molar-refractivity contribution in [3.05, 3.63) is 54.4 Å². The van der Waals surface area contributed by atoms with Crippen LogP contribution in [0.1, 0.15) is 24.9 Å². The molecule has 0 unspecified atom stereocenters. The normalized spacial score (nSPS) is 20.0. The summed E-state index contributed by atoms with van der Waals surface area (Å²) in [5, 5.41) is 8.60. The fourth-order valence-corrected chi connectivity index (χ4v) is 3.08. The maximum Gasteiger partial charge on any atom is 0.227 e. The molecule has 2 heterocycles. The minimum atomic E-state index is 0.111. The lowest BCUT2D eigenvalue weighted by atomic mass is 10.1. The van der Waals surface area contributed by atoms with E-state index in [0.717, 1.165) is 17.8 Å². The number of carbonyl (C=O) groups is 1. The highest BCUT2D eigenvalue weighted by Crippen LogP contribution is 2.28. The van der Waals surface area contributed by atoms with E-state index in [4.69, 9.17) is 0 Å². The number of rotatable bonds is 4. The van der Waals surface area contributed by atoms with Crippen LogP contribution in [-0.4, -0.2) is 38.9 Å². The van der Waals surface area contributed by atoms with Crippen molar-refractivity contribution in [3.63, 3.8) is 0 Å². The smallest absolute Gasteiger partial charge is 0.227 e. The Balaban J connectivity index is 1.74. The predicted octanol–water partition coefficient (Wildman–Crippen LogP) is 3.00. The monoisotopic (exact) mass is 322 g/mol. The van der Waals surface area contributed by atoms with Gasteiger partial charge in [-0.3, -0.25) is 4.79 Å². The van der Waals surface area contributed by atoms with Crippen LogP contribution in [-0.2, 0) is 4.79 Å². The quantitative estimate of drug-likeness (QED) is 0.813. The minimum Gasteiger partial charge on any atom is -0.340 e. The van der Waals surface area contributed by atoms with Crippen LogP contribution in [0.4, 0.5) is 0 Å². The van der Waals surface area contributed by atoms with Gasteiger partial charge in [-0.15, -0.1) is 10.8 Å². The zero-order valence-electron chi connectivity index (χ0n) is 14.1. The SMILES string of the molecule is C=C=CCC(=O)N1C[C@@H](C)[C@@H](n2cc(-c3ccc(C)cc3)nn2)C1. The van der Waals surface area contributed by atoms with Crippen molar-refractivity contribution in [2.45, 2.75) is 26.3 Å². The highest BCUT2D eigenvalue weighted by molar-refractivity contribution is 5.78. The highest BCUT2D eigenvalue weighted by Gasteiger charge is 2.33. The zero-order chi connectivity index (χ0) is 17.1. The second kappa shape index (κ2) is 6.85. The molecule has 0 bridgehead atoms. The van der Waals surface area contributed by atoms with E-state index in [1.807, 2.05) is 15.8 Å². The highest BCUT2D eigenvalue weighted by atomic mass is 16.2. The molecule has 2 atom stereocenters. The maximum absolute atomic E-state index is 12.2. The Kier molecular flexibility index (Phi) is 4.63. The molecule has 1 saturated heterocycles. The molecule has 0 aliphatic carbocycles. The van der Waals surface area contributed by atoms with Gasteiger partial charge in [-0.2, -0.15) is 0 Å². The summed E-state index contributed by atoms with van der Waals surface area (Å²) in [6, 6.07) is 8.41. The molecule has 124 valence electrons. The fourth-order valence-electron chi connectivity index (χ4n) is 3.08. The Morgan fingerprint density at radius 3 is 2.83 bits per heavy atom. The summed E-state index contributed by atoms with van der Waals surface area (Å²) in [5.41, 5.74) is 5.79. The summed E-state index contributed by atoms with van der Waals surface area (Å²) in [6.45, 7) is 9.12. The minimum absolute atomic E-state index is 0.111. The first-order chi connectivity index (χ1) is 11.6. The number of aromatic nitrogens is 3. The third-order valence-corrected chi connectivity index (χ3v) is 4.54. The first-order valence-electron chi connectivity index (χ1n) is 8.19. The molecule has 1 aliphatic heterocycles. The molecule has 1 amide bonds. The molecule has 0 saturated carbocycles. The molecule has 0 N–H and O–H groups in total. The van der Waals surface area contributed by atoms with E-state index < -0.39 is 0 Å². The van der Waals surface area contributed by atoms with E-state index in [0.29, 0.717) is 18.9 Å². The summed E-state index contributed by atoms with van der Waals surface area (Å²) in [6.07, 6.45) is 4.00. The number of hydrogen-bond donors (Lipinski definition) is 0.